The van der Waals surface area contributed by atoms with Gasteiger partial charge in [-0.05, 0) is 6.42 Å². The highest BCUT2D eigenvalue weighted by atomic mass is 32.1. The first-order valence-corrected chi connectivity index (χ1v) is 4.62. The van der Waals surface area contributed by atoms with Crippen molar-refractivity contribution in [2.75, 3.05) is 0 Å². The van der Waals surface area contributed by atoms with E-state index in [0.29, 0.717) is 17.0 Å². The molecule has 0 saturated carbocycles. The summed E-state index contributed by atoms with van der Waals surface area (Å²) < 4.78 is 0.523. The lowest BCUT2D eigenvalue weighted by Gasteiger charge is -2.05. The first-order chi connectivity index (χ1) is 5.07. The van der Waals surface area contributed by atoms with Crippen molar-refractivity contribution >= 4 is 34.8 Å². The van der Waals surface area contributed by atoms with Crippen molar-refractivity contribution in [2.45, 2.75) is 33.1 Å². The molecule has 0 N–H and O–H groups in total. The number of thiocarbonyl (C=S) groups is 1. The maximum atomic E-state index is 11.1. The molecule has 0 bridgehead atoms. The van der Waals surface area contributed by atoms with Crippen LogP contribution in [0.1, 0.15) is 33.1 Å². The van der Waals surface area contributed by atoms with E-state index in [1.165, 1.54) is 0 Å². The van der Waals surface area contributed by atoms with Crippen LogP contribution in [0.5, 0.6) is 0 Å². The highest BCUT2D eigenvalue weighted by Crippen LogP contribution is 2.10. The van der Waals surface area contributed by atoms with Crippen LogP contribution >= 0.6 is 24.8 Å². The van der Waals surface area contributed by atoms with Gasteiger partial charge in [-0.2, -0.15) is 0 Å². The van der Waals surface area contributed by atoms with Crippen LogP contribution < -0.4 is 0 Å². The minimum absolute atomic E-state index is 0.0963. The van der Waals surface area contributed by atoms with Crippen LogP contribution in [0.3, 0.4) is 0 Å². The normalized spacial score (nSPS) is 12.5. The Labute approximate surface area is 79.0 Å². The molecule has 0 rings (SSSR count). The fourth-order valence-corrected chi connectivity index (χ4v) is 0.972. The van der Waals surface area contributed by atoms with Gasteiger partial charge in [0.15, 0.2) is 0 Å². The van der Waals surface area contributed by atoms with Gasteiger partial charge in [0.25, 0.3) is 0 Å². The summed E-state index contributed by atoms with van der Waals surface area (Å²) in [5.74, 6) is 0.367. The van der Waals surface area contributed by atoms with E-state index in [1.807, 2.05) is 13.8 Å². The topological polar surface area (TPSA) is 17.1 Å². The Kier molecular flexibility index (Phi) is 5.60. The fraction of sp³-hybridized carbons (Fsp3) is 0.750. The van der Waals surface area contributed by atoms with Gasteiger partial charge in [-0.3, -0.25) is 4.79 Å². The van der Waals surface area contributed by atoms with E-state index in [-0.39, 0.29) is 11.7 Å². The zero-order chi connectivity index (χ0) is 8.85. The summed E-state index contributed by atoms with van der Waals surface area (Å²) in [5.41, 5.74) is 0. The predicted octanol–water partition coefficient (Wildman–Crippen LogP) is 2.91. The van der Waals surface area contributed by atoms with Gasteiger partial charge in [0.1, 0.15) is 5.78 Å². The van der Waals surface area contributed by atoms with Crippen molar-refractivity contribution in [1.82, 2.24) is 0 Å². The van der Waals surface area contributed by atoms with E-state index in [4.69, 9.17) is 24.8 Å². The Balaban J connectivity index is 3.66. The average molecular weight is 189 g/mol. The Bertz CT molecular complexity index is 154. The third kappa shape index (κ3) is 5.27. The zero-order valence-electron chi connectivity index (χ0n) is 6.92. The Morgan fingerprint density at radius 3 is 2.45 bits per heavy atom. The summed E-state index contributed by atoms with van der Waals surface area (Å²) in [6.07, 6.45) is 2.09. The highest BCUT2D eigenvalue weighted by Gasteiger charge is 2.10. The minimum Gasteiger partial charge on any atom is -0.300 e. The molecular formula is C8H13OS2. The Morgan fingerprint density at radius 2 is 2.09 bits per heavy atom. The number of ketones is 1. The summed E-state index contributed by atoms with van der Waals surface area (Å²) in [4.78, 5) is 11.1. The lowest BCUT2D eigenvalue weighted by Crippen LogP contribution is -2.09. The molecule has 0 aliphatic carbocycles. The summed E-state index contributed by atoms with van der Waals surface area (Å²) in [6.45, 7) is 3.90. The molecule has 1 radical (unpaired) electrons. The number of Topliss-reactive ketones (excluding diaryl/α,β-unsaturated/α-hetero) is 1. The second-order valence-electron chi connectivity index (χ2n) is 2.71. The van der Waals surface area contributed by atoms with Crippen LogP contribution in [0.4, 0.5) is 0 Å². The molecule has 1 atom stereocenters. The van der Waals surface area contributed by atoms with Crippen LogP contribution in [0, 0.1) is 5.92 Å². The third-order valence-electron chi connectivity index (χ3n) is 1.47. The molecule has 0 saturated heterocycles. The van der Waals surface area contributed by atoms with Gasteiger partial charge in [0.2, 0.25) is 0 Å². The lowest BCUT2D eigenvalue weighted by atomic mass is 10.0. The van der Waals surface area contributed by atoms with Gasteiger partial charge < -0.3 is 0 Å². The number of rotatable bonds is 5. The molecule has 0 spiro atoms. The Morgan fingerprint density at radius 1 is 1.55 bits per heavy atom. The molecule has 0 aromatic rings. The van der Waals surface area contributed by atoms with Gasteiger partial charge in [-0.25, -0.2) is 0 Å². The largest absolute Gasteiger partial charge is 0.300 e. The van der Waals surface area contributed by atoms with Crippen molar-refractivity contribution in [3.05, 3.63) is 0 Å². The molecule has 3 heteroatoms. The molecule has 0 amide bonds. The first-order valence-electron chi connectivity index (χ1n) is 3.80. The summed E-state index contributed by atoms with van der Waals surface area (Å²) in [7, 11) is 0. The van der Waals surface area contributed by atoms with Crippen molar-refractivity contribution < 1.29 is 4.79 Å². The molecule has 1 unspecified atom stereocenters. The number of carbonyl (C=O) groups excluding carboxylic acids is 1. The number of hydrogen-bond donors (Lipinski definition) is 0. The van der Waals surface area contributed by atoms with Gasteiger partial charge >= 0.3 is 0 Å². The Hall–Kier alpha value is -0.0200. The second kappa shape index (κ2) is 5.61. The fourth-order valence-electron chi connectivity index (χ4n) is 0.806. The molecule has 0 fully saturated rings. The van der Waals surface area contributed by atoms with Crippen molar-refractivity contribution in [1.29, 1.82) is 0 Å². The molecule has 1 nitrogen and oxygen atoms in total. The van der Waals surface area contributed by atoms with E-state index in [9.17, 15) is 4.79 Å². The molecule has 0 aromatic carbocycles. The minimum atomic E-state index is 0.0963. The second-order valence-corrected chi connectivity index (χ2v) is 3.85. The van der Waals surface area contributed by atoms with E-state index >= 15 is 0 Å². The van der Waals surface area contributed by atoms with Crippen molar-refractivity contribution in [3.63, 3.8) is 0 Å². The van der Waals surface area contributed by atoms with E-state index < -0.39 is 0 Å². The van der Waals surface area contributed by atoms with E-state index in [0.717, 1.165) is 6.42 Å². The number of carbonyl (C=O) groups is 1. The van der Waals surface area contributed by atoms with Gasteiger partial charge in [-0.1, -0.05) is 38.7 Å². The zero-order valence-corrected chi connectivity index (χ0v) is 8.56. The quantitative estimate of drug-likeness (QED) is 0.619. The lowest BCUT2D eigenvalue weighted by molar-refractivity contribution is -0.119. The van der Waals surface area contributed by atoms with Crippen LogP contribution in [0.15, 0.2) is 0 Å². The van der Waals surface area contributed by atoms with Crippen LogP contribution in [0.25, 0.3) is 0 Å². The molecular weight excluding hydrogens is 176 g/mol. The van der Waals surface area contributed by atoms with Crippen LogP contribution in [0.2, 0.25) is 0 Å². The standard InChI is InChI=1S/C8H13OS2/c1-3-4-7(9)5-6(2)8(10)11/h6H,3-5H2,1-2H3. The molecule has 63 valence electrons. The summed E-state index contributed by atoms with van der Waals surface area (Å²) in [5, 5.41) is 0. The average Bonchev–Trinajstić information content (AvgIpc) is 1.87. The monoisotopic (exact) mass is 189 g/mol. The first kappa shape index (κ1) is 11.0. The molecule has 0 aliphatic heterocycles. The predicted molar refractivity (Wildman–Crippen MR) is 53.9 cm³/mol. The van der Waals surface area contributed by atoms with E-state index in [1.54, 1.807) is 0 Å². The number of hydrogen-bond acceptors (Lipinski definition) is 2. The van der Waals surface area contributed by atoms with Gasteiger partial charge in [0.05, 0.1) is 4.20 Å². The van der Waals surface area contributed by atoms with Gasteiger partial charge in [-0.15, -0.1) is 0 Å². The third-order valence-corrected chi connectivity index (χ3v) is 2.27. The molecule has 11 heavy (non-hydrogen) atoms. The maximum absolute atomic E-state index is 11.1. The van der Waals surface area contributed by atoms with E-state index in [2.05, 4.69) is 0 Å². The molecule has 0 heterocycles. The summed E-state index contributed by atoms with van der Waals surface area (Å²) >= 11 is 9.57. The van der Waals surface area contributed by atoms with Gasteiger partial charge in [0, 0.05) is 18.8 Å². The smallest absolute Gasteiger partial charge is 0.133 e. The SMILES string of the molecule is CCCC(=O)CC(C)C([S])=S. The highest BCUT2D eigenvalue weighted by molar-refractivity contribution is 8.11. The summed E-state index contributed by atoms with van der Waals surface area (Å²) in [6, 6.07) is 0. The van der Waals surface area contributed by atoms with Crippen molar-refractivity contribution in [2.24, 2.45) is 5.92 Å². The van der Waals surface area contributed by atoms with Crippen LogP contribution in [-0.2, 0) is 4.79 Å². The molecule has 0 aliphatic rings. The van der Waals surface area contributed by atoms with Crippen molar-refractivity contribution in [3.8, 4) is 0 Å². The maximum Gasteiger partial charge on any atom is 0.133 e. The molecule has 0 aromatic heterocycles. The van der Waals surface area contributed by atoms with Crippen LogP contribution in [-0.4, -0.2) is 9.98 Å².